The molecule has 3 rings (SSSR count). The Kier molecular flexibility index (Phi) is 6.07. The zero-order valence-electron chi connectivity index (χ0n) is 16.6. The molecule has 0 amide bonds. The predicted octanol–water partition coefficient (Wildman–Crippen LogP) is 5.52. The van der Waals surface area contributed by atoms with Crippen molar-refractivity contribution in [3.8, 4) is 17.0 Å². The number of halogens is 3. The molecule has 0 aliphatic carbocycles. The Bertz CT molecular complexity index is 1000. The van der Waals surface area contributed by atoms with Gasteiger partial charge in [-0.25, -0.2) is 18.2 Å². The van der Waals surface area contributed by atoms with Crippen molar-refractivity contribution in [3.05, 3.63) is 54.1 Å². The minimum Gasteiger partial charge on any atom is -0.491 e. The van der Waals surface area contributed by atoms with Crippen LogP contribution in [-0.2, 0) is 0 Å². The maximum Gasteiger partial charge on any atom is 0.284 e. The van der Waals surface area contributed by atoms with Crippen LogP contribution in [0, 0.1) is 11.7 Å². The van der Waals surface area contributed by atoms with E-state index in [0.29, 0.717) is 28.6 Å². The Morgan fingerprint density at radius 2 is 1.90 bits per heavy atom. The lowest BCUT2D eigenvalue weighted by Gasteiger charge is -2.23. The van der Waals surface area contributed by atoms with E-state index >= 15 is 0 Å². The molecule has 4 nitrogen and oxygen atoms in total. The third-order valence-corrected chi connectivity index (χ3v) is 4.47. The highest BCUT2D eigenvalue weighted by atomic mass is 19.3. The second-order valence-corrected chi connectivity index (χ2v) is 8.01. The van der Waals surface area contributed by atoms with Crippen LogP contribution in [0.1, 0.15) is 39.3 Å². The minimum absolute atomic E-state index is 0.0508. The fourth-order valence-corrected chi connectivity index (χ4v) is 3.42. The van der Waals surface area contributed by atoms with Crippen molar-refractivity contribution in [2.75, 3.05) is 6.61 Å². The van der Waals surface area contributed by atoms with E-state index in [0.717, 1.165) is 0 Å². The van der Waals surface area contributed by atoms with Gasteiger partial charge in [0.15, 0.2) is 0 Å². The highest BCUT2D eigenvalue weighted by Gasteiger charge is 2.21. The number of nitrogens with zero attached hydrogens (tertiary/aromatic N) is 2. The average Bonchev–Trinajstić information content (AvgIpc) is 2.64. The molecule has 0 bridgehead atoms. The molecular weight excluding hydrogens is 379 g/mol. The molecule has 2 heterocycles. The highest BCUT2D eigenvalue weighted by Crippen LogP contribution is 2.33. The number of benzene rings is 1. The topological polar surface area (TPSA) is 61.0 Å². The zero-order valence-corrected chi connectivity index (χ0v) is 16.6. The number of aromatic nitrogens is 2. The number of alkyl halides is 2. The summed E-state index contributed by atoms with van der Waals surface area (Å²) >= 11 is 0. The number of nitrogens with two attached hydrogens (primary N) is 1. The van der Waals surface area contributed by atoms with Crippen LogP contribution in [-0.4, -0.2) is 22.1 Å². The second kappa shape index (κ2) is 8.37. The molecular formula is C22H24F3N3O. The van der Waals surface area contributed by atoms with E-state index in [9.17, 15) is 13.2 Å². The number of ether oxygens (including phenoxy) is 1. The van der Waals surface area contributed by atoms with Crippen molar-refractivity contribution in [3.63, 3.8) is 0 Å². The first-order valence-electron chi connectivity index (χ1n) is 9.39. The molecule has 0 saturated carbocycles. The molecule has 1 atom stereocenters. The smallest absolute Gasteiger partial charge is 0.284 e. The number of fused-ring (bicyclic) bond motifs is 1. The first-order chi connectivity index (χ1) is 13.6. The molecule has 0 radical (unpaired) electrons. The second-order valence-electron chi connectivity index (χ2n) is 8.01. The monoisotopic (exact) mass is 403 g/mol. The van der Waals surface area contributed by atoms with Gasteiger partial charge in [-0.15, -0.1) is 0 Å². The lowest BCUT2D eigenvalue weighted by Crippen LogP contribution is -2.35. The van der Waals surface area contributed by atoms with E-state index in [4.69, 9.17) is 10.5 Å². The lowest BCUT2D eigenvalue weighted by molar-refractivity contribution is 0.136. The Balaban J connectivity index is 1.91. The Labute approximate surface area is 167 Å². The fraction of sp³-hybridized carbons (Fsp3) is 0.364. The van der Waals surface area contributed by atoms with Gasteiger partial charge in [0.05, 0.1) is 17.8 Å². The largest absolute Gasteiger partial charge is 0.491 e. The molecule has 7 heteroatoms. The van der Waals surface area contributed by atoms with Crippen LogP contribution in [0.2, 0.25) is 0 Å². The van der Waals surface area contributed by atoms with Gasteiger partial charge in [-0.3, -0.25) is 4.98 Å². The molecule has 0 aliphatic rings. The first-order valence-corrected chi connectivity index (χ1v) is 9.39. The molecule has 0 aliphatic heterocycles. The van der Waals surface area contributed by atoms with E-state index in [2.05, 4.69) is 9.97 Å². The third kappa shape index (κ3) is 5.23. The number of pyridine rings is 2. The van der Waals surface area contributed by atoms with Gasteiger partial charge in [-0.1, -0.05) is 6.92 Å². The Morgan fingerprint density at radius 3 is 2.59 bits per heavy atom. The number of hydrogen-bond acceptors (Lipinski definition) is 4. The summed E-state index contributed by atoms with van der Waals surface area (Å²) in [6.07, 6.45) is -0.597. The first kappa shape index (κ1) is 21.0. The summed E-state index contributed by atoms with van der Waals surface area (Å²) in [6, 6.07) is 8.96. The molecule has 3 aromatic rings. The number of rotatable bonds is 7. The fourth-order valence-electron chi connectivity index (χ4n) is 3.42. The van der Waals surface area contributed by atoms with Crippen LogP contribution in [0.3, 0.4) is 0 Å². The maximum atomic E-state index is 13.7. The van der Waals surface area contributed by atoms with Crippen molar-refractivity contribution in [2.24, 2.45) is 11.7 Å². The average molecular weight is 403 g/mol. The Hall–Kier alpha value is -2.67. The van der Waals surface area contributed by atoms with Crippen molar-refractivity contribution < 1.29 is 17.9 Å². The Morgan fingerprint density at radius 1 is 1.14 bits per heavy atom. The van der Waals surface area contributed by atoms with Crippen molar-refractivity contribution in [1.82, 2.24) is 9.97 Å². The third-order valence-electron chi connectivity index (χ3n) is 4.47. The molecule has 0 unspecified atom stereocenters. The van der Waals surface area contributed by atoms with E-state index < -0.39 is 17.9 Å². The zero-order chi connectivity index (χ0) is 21.2. The summed E-state index contributed by atoms with van der Waals surface area (Å²) in [5.74, 6) is -0.268. The molecule has 0 fully saturated rings. The summed E-state index contributed by atoms with van der Waals surface area (Å²) in [7, 11) is 0. The van der Waals surface area contributed by atoms with Gasteiger partial charge >= 0.3 is 0 Å². The van der Waals surface area contributed by atoms with E-state index in [-0.39, 0.29) is 23.8 Å². The molecule has 1 aromatic carbocycles. The normalized spacial score (nSPS) is 13.1. The summed E-state index contributed by atoms with van der Waals surface area (Å²) in [4.78, 5) is 8.28. The molecule has 154 valence electrons. The van der Waals surface area contributed by atoms with Gasteiger partial charge < -0.3 is 10.5 Å². The van der Waals surface area contributed by atoms with Crippen LogP contribution in [0.4, 0.5) is 13.2 Å². The lowest BCUT2D eigenvalue weighted by atomic mass is 9.93. The maximum absolute atomic E-state index is 13.7. The number of hydrogen-bond donors (Lipinski definition) is 1. The predicted molar refractivity (Wildman–Crippen MR) is 107 cm³/mol. The van der Waals surface area contributed by atoms with Crippen LogP contribution in [0.5, 0.6) is 5.75 Å². The van der Waals surface area contributed by atoms with Crippen LogP contribution in [0.25, 0.3) is 22.2 Å². The standard InChI is InChI=1S/C22H24F3N3O/c1-13(11-22(2,3)26)12-29-19-7-6-17(28-20(19)21(24)25)16-8-9-27-18-10-14(23)4-5-15(16)18/h4-10,13,21H,11-12,26H2,1-3H3/t13-/m0/s1. The molecule has 29 heavy (non-hydrogen) atoms. The van der Waals surface area contributed by atoms with Crippen molar-refractivity contribution in [2.45, 2.75) is 39.2 Å². The van der Waals surface area contributed by atoms with Crippen molar-refractivity contribution >= 4 is 10.9 Å². The molecule has 0 spiro atoms. The van der Waals surface area contributed by atoms with Gasteiger partial charge in [0, 0.05) is 28.8 Å². The molecule has 2 N–H and O–H groups in total. The van der Waals surface area contributed by atoms with Crippen LogP contribution < -0.4 is 10.5 Å². The van der Waals surface area contributed by atoms with Gasteiger partial charge in [-0.2, -0.15) is 0 Å². The minimum atomic E-state index is -2.79. The van der Waals surface area contributed by atoms with Gasteiger partial charge in [0.1, 0.15) is 17.3 Å². The summed E-state index contributed by atoms with van der Waals surface area (Å²) < 4.78 is 46.4. The quantitative estimate of drug-likeness (QED) is 0.565. The van der Waals surface area contributed by atoms with Gasteiger partial charge in [-0.05, 0) is 56.5 Å². The van der Waals surface area contributed by atoms with Gasteiger partial charge in [0.2, 0.25) is 0 Å². The van der Waals surface area contributed by atoms with Crippen LogP contribution >= 0.6 is 0 Å². The van der Waals surface area contributed by atoms with E-state index in [1.165, 1.54) is 24.4 Å². The summed E-state index contributed by atoms with van der Waals surface area (Å²) in [6.45, 7) is 6.05. The highest BCUT2D eigenvalue weighted by molar-refractivity contribution is 5.93. The van der Waals surface area contributed by atoms with Crippen molar-refractivity contribution in [1.29, 1.82) is 0 Å². The molecule has 0 saturated heterocycles. The summed E-state index contributed by atoms with van der Waals surface area (Å²) in [5, 5.41) is 0.633. The molecule has 2 aromatic heterocycles. The summed E-state index contributed by atoms with van der Waals surface area (Å²) in [5.41, 5.74) is 6.60. The van der Waals surface area contributed by atoms with Crippen LogP contribution in [0.15, 0.2) is 42.6 Å². The van der Waals surface area contributed by atoms with Gasteiger partial charge in [0.25, 0.3) is 6.43 Å². The van der Waals surface area contributed by atoms with E-state index in [1.54, 1.807) is 18.2 Å². The SMILES string of the molecule is C[C@H](COc1ccc(-c2ccnc3cc(F)ccc23)nc1C(F)F)CC(C)(C)N. The van der Waals surface area contributed by atoms with E-state index in [1.807, 2.05) is 20.8 Å².